The molecular weight excluding hydrogens is 210 g/mol. The second kappa shape index (κ2) is 5.64. The normalized spacial score (nSPS) is 12.6. The van der Waals surface area contributed by atoms with E-state index in [4.69, 9.17) is 5.73 Å². The SMILES string of the molecule is CCCC(N)c1ccn(Cc2ccncc2)c1. The molecule has 2 aromatic rings. The maximum atomic E-state index is 6.09. The van der Waals surface area contributed by atoms with E-state index in [0.29, 0.717) is 0 Å². The first-order chi connectivity index (χ1) is 8.29. The number of rotatable bonds is 5. The van der Waals surface area contributed by atoms with Crippen LogP contribution in [0.1, 0.15) is 36.9 Å². The first-order valence-electron chi connectivity index (χ1n) is 6.09. The molecule has 0 amide bonds. The van der Waals surface area contributed by atoms with Gasteiger partial charge in [-0.2, -0.15) is 0 Å². The Morgan fingerprint density at radius 3 is 2.76 bits per heavy atom. The van der Waals surface area contributed by atoms with E-state index in [1.54, 1.807) is 0 Å². The van der Waals surface area contributed by atoms with Crippen LogP contribution in [-0.4, -0.2) is 9.55 Å². The Kier molecular flexibility index (Phi) is 3.94. The summed E-state index contributed by atoms with van der Waals surface area (Å²) >= 11 is 0. The topological polar surface area (TPSA) is 43.8 Å². The first kappa shape index (κ1) is 11.9. The average Bonchev–Trinajstić information content (AvgIpc) is 2.79. The van der Waals surface area contributed by atoms with Crippen LogP contribution >= 0.6 is 0 Å². The van der Waals surface area contributed by atoms with Gasteiger partial charge in [-0.25, -0.2) is 0 Å². The Morgan fingerprint density at radius 1 is 1.29 bits per heavy atom. The second-order valence-electron chi connectivity index (χ2n) is 4.37. The van der Waals surface area contributed by atoms with Crippen LogP contribution in [0.5, 0.6) is 0 Å². The van der Waals surface area contributed by atoms with Crippen molar-refractivity contribution in [1.29, 1.82) is 0 Å². The highest BCUT2D eigenvalue weighted by Gasteiger charge is 2.06. The molecule has 0 spiro atoms. The molecule has 0 saturated heterocycles. The summed E-state index contributed by atoms with van der Waals surface area (Å²) in [6, 6.07) is 6.34. The van der Waals surface area contributed by atoms with Crippen molar-refractivity contribution < 1.29 is 0 Å². The van der Waals surface area contributed by atoms with Crippen molar-refractivity contribution in [3.8, 4) is 0 Å². The summed E-state index contributed by atoms with van der Waals surface area (Å²) in [6.07, 6.45) is 10.0. The van der Waals surface area contributed by atoms with Crippen molar-refractivity contribution in [2.24, 2.45) is 5.73 Å². The predicted octanol–water partition coefficient (Wildman–Crippen LogP) is 2.73. The van der Waals surface area contributed by atoms with E-state index < -0.39 is 0 Å². The molecule has 0 saturated carbocycles. The molecule has 2 aromatic heterocycles. The van der Waals surface area contributed by atoms with Gasteiger partial charge in [-0.3, -0.25) is 4.98 Å². The quantitative estimate of drug-likeness (QED) is 0.856. The first-order valence-corrected chi connectivity index (χ1v) is 6.09. The lowest BCUT2D eigenvalue weighted by Crippen LogP contribution is -2.08. The van der Waals surface area contributed by atoms with E-state index in [0.717, 1.165) is 19.4 Å². The number of nitrogens with two attached hydrogens (primary N) is 1. The number of hydrogen-bond donors (Lipinski definition) is 1. The molecule has 0 aliphatic rings. The predicted molar refractivity (Wildman–Crippen MR) is 69.6 cm³/mol. The Hall–Kier alpha value is -1.61. The lowest BCUT2D eigenvalue weighted by molar-refractivity contribution is 0.636. The van der Waals surface area contributed by atoms with Gasteiger partial charge in [0.1, 0.15) is 0 Å². The summed E-state index contributed by atoms with van der Waals surface area (Å²) in [5, 5.41) is 0. The largest absolute Gasteiger partial charge is 0.350 e. The second-order valence-corrected chi connectivity index (χ2v) is 4.37. The highest BCUT2D eigenvalue weighted by Crippen LogP contribution is 2.16. The smallest absolute Gasteiger partial charge is 0.0471 e. The van der Waals surface area contributed by atoms with Gasteiger partial charge in [0.2, 0.25) is 0 Å². The molecule has 0 radical (unpaired) electrons. The minimum Gasteiger partial charge on any atom is -0.350 e. The van der Waals surface area contributed by atoms with Crippen LogP contribution in [0.4, 0.5) is 0 Å². The molecule has 0 aliphatic carbocycles. The van der Waals surface area contributed by atoms with Gasteiger partial charge in [0, 0.05) is 37.4 Å². The Labute approximate surface area is 102 Å². The van der Waals surface area contributed by atoms with Crippen molar-refractivity contribution in [2.45, 2.75) is 32.4 Å². The molecule has 3 nitrogen and oxygen atoms in total. The molecule has 1 atom stereocenters. The summed E-state index contributed by atoms with van der Waals surface area (Å²) in [5.74, 6) is 0. The molecule has 2 rings (SSSR count). The van der Waals surface area contributed by atoms with Crippen LogP contribution in [0.2, 0.25) is 0 Å². The highest BCUT2D eigenvalue weighted by molar-refractivity contribution is 5.17. The molecule has 1 unspecified atom stereocenters. The molecular formula is C14H19N3. The lowest BCUT2D eigenvalue weighted by atomic mass is 10.1. The van der Waals surface area contributed by atoms with Gasteiger partial charge in [0.05, 0.1) is 0 Å². The Morgan fingerprint density at radius 2 is 2.06 bits per heavy atom. The van der Waals surface area contributed by atoms with E-state index in [2.05, 4.69) is 34.9 Å². The minimum absolute atomic E-state index is 0.165. The third-order valence-electron chi connectivity index (χ3n) is 2.92. The molecule has 0 aliphatic heterocycles. The number of nitrogens with zero attached hydrogens (tertiary/aromatic N) is 2. The fraction of sp³-hybridized carbons (Fsp3) is 0.357. The third kappa shape index (κ3) is 3.17. The van der Waals surface area contributed by atoms with Crippen LogP contribution in [-0.2, 0) is 6.54 Å². The van der Waals surface area contributed by atoms with E-state index in [1.165, 1.54) is 11.1 Å². The summed E-state index contributed by atoms with van der Waals surface area (Å²) in [7, 11) is 0. The van der Waals surface area contributed by atoms with Gasteiger partial charge in [-0.05, 0) is 35.7 Å². The fourth-order valence-corrected chi connectivity index (χ4v) is 1.95. The van der Waals surface area contributed by atoms with E-state index in [-0.39, 0.29) is 6.04 Å². The van der Waals surface area contributed by atoms with Gasteiger partial charge in [0.25, 0.3) is 0 Å². The summed E-state index contributed by atoms with van der Waals surface area (Å²) in [4.78, 5) is 4.02. The monoisotopic (exact) mass is 229 g/mol. The van der Waals surface area contributed by atoms with E-state index in [9.17, 15) is 0 Å². The van der Waals surface area contributed by atoms with Gasteiger partial charge < -0.3 is 10.3 Å². The standard InChI is InChI=1S/C14H19N3/c1-2-3-14(15)13-6-9-17(11-13)10-12-4-7-16-8-5-12/h4-9,11,14H,2-3,10,15H2,1H3. The van der Waals surface area contributed by atoms with Crippen LogP contribution in [0.3, 0.4) is 0 Å². The van der Waals surface area contributed by atoms with Crippen LogP contribution < -0.4 is 5.73 Å². The van der Waals surface area contributed by atoms with E-state index in [1.807, 2.05) is 24.5 Å². The third-order valence-corrected chi connectivity index (χ3v) is 2.92. The molecule has 0 aromatic carbocycles. The maximum absolute atomic E-state index is 6.09. The number of pyridine rings is 1. The molecule has 3 heteroatoms. The molecule has 2 heterocycles. The Balaban J connectivity index is 2.04. The average molecular weight is 229 g/mol. The number of aromatic nitrogens is 2. The minimum atomic E-state index is 0.165. The van der Waals surface area contributed by atoms with Crippen LogP contribution in [0, 0.1) is 0 Å². The van der Waals surface area contributed by atoms with Crippen molar-refractivity contribution in [3.05, 3.63) is 54.1 Å². The zero-order chi connectivity index (χ0) is 12.1. The molecule has 2 N–H and O–H groups in total. The molecule has 0 bridgehead atoms. The van der Waals surface area contributed by atoms with Crippen molar-refractivity contribution >= 4 is 0 Å². The van der Waals surface area contributed by atoms with Gasteiger partial charge >= 0.3 is 0 Å². The number of hydrogen-bond acceptors (Lipinski definition) is 2. The van der Waals surface area contributed by atoms with Crippen LogP contribution in [0.15, 0.2) is 43.0 Å². The lowest BCUT2D eigenvalue weighted by Gasteiger charge is -2.07. The maximum Gasteiger partial charge on any atom is 0.0471 e. The molecule has 0 fully saturated rings. The van der Waals surface area contributed by atoms with Gasteiger partial charge in [-0.1, -0.05) is 13.3 Å². The Bertz CT molecular complexity index is 448. The van der Waals surface area contributed by atoms with Gasteiger partial charge in [-0.15, -0.1) is 0 Å². The zero-order valence-corrected chi connectivity index (χ0v) is 10.2. The fourth-order valence-electron chi connectivity index (χ4n) is 1.95. The summed E-state index contributed by atoms with van der Waals surface area (Å²) in [6.45, 7) is 3.04. The van der Waals surface area contributed by atoms with Gasteiger partial charge in [0.15, 0.2) is 0 Å². The summed E-state index contributed by atoms with van der Waals surface area (Å²) < 4.78 is 2.17. The van der Waals surface area contributed by atoms with Crippen molar-refractivity contribution in [3.63, 3.8) is 0 Å². The summed E-state index contributed by atoms with van der Waals surface area (Å²) in [5.41, 5.74) is 8.57. The highest BCUT2D eigenvalue weighted by atomic mass is 14.9. The zero-order valence-electron chi connectivity index (χ0n) is 10.2. The molecule has 17 heavy (non-hydrogen) atoms. The van der Waals surface area contributed by atoms with E-state index >= 15 is 0 Å². The van der Waals surface area contributed by atoms with Crippen molar-refractivity contribution in [1.82, 2.24) is 9.55 Å². The van der Waals surface area contributed by atoms with Crippen molar-refractivity contribution in [2.75, 3.05) is 0 Å². The molecule has 90 valence electrons. The van der Waals surface area contributed by atoms with Crippen LogP contribution in [0.25, 0.3) is 0 Å².